The van der Waals surface area contributed by atoms with Gasteiger partial charge in [0.2, 0.25) is 21.4 Å². The second-order valence-corrected chi connectivity index (χ2v) is 8.37. The van der Waals surface area contributed by atoms with E-state index in [-0.39, 0.29) is 23.2 Å². The number of H-pyrrole nitrogens is 1. The van der Waals surface area contributed by atoms with E-state index in [4.69, 9.17) is 9.36 Å². The number of nitrogens with zero attached hydrogens (tertiary/aromatic N) is 3. The molecule has 0 saturated carbocycles. The van der Waals surface area contributed by atoms with Crippen LogP contribution in [0.15, 0.2) is 64.4 Å². The van der Waals surface area contributed by atoms with Crippen LogP contribution in [0.1, 0.15) is 23.9 Å². The van der Waals surface area contributed by atoms with Crippen LogP contribution in [0.3, 0.4) is 0 Å². The highest BCUT2D eigenvalue weighted by Crippen LogP contribution is 2.22. The summed E-state index contributed by atoms with van der Waals surface area (Å²) in [5.41, 5.74) is -2.65. The molecule has 0 bridgehead atoms. The van der Waals surface area contributed by atoms with Crippen LogP contribution in [0.4, 0.5) is 5.95 Å². The molecule has 3 aromatic rings. The molecule has 0 aliphatic carbocycles. The number of hydrogen-bond donors (Lipinski definition) is 4. The summed E-state index contributed by atoms with van der Waals surface area (Å²) in [6.07, 6.45) is 4.46. The lowest BCUT2D eigenvalue weighted by molar-refractivity contribution is -0.203. The molecule has 0 spiro atoms. The van der Waals surface area contributed by atoms with Gasteiger partial charge in [-0.15, -0.1) is 0 Å². The standard InChI is InChI=1S/C19H22N6O7S/c1-2-12-31-25(16(26)15-8-9-23-32-15)19(17(27)28,13-22-18-20-10-11-21-18)24-33(29,30)14-6-4-3-5-7-14/h3-11,24H,2,12-13H2,1H3,(H,27,28)(H2,20,21,22). The van der Waals surface area contributed by atoms with Gasteiger partial charge in [-0.25, -0.2) is 18.2 Å². The minimum atomic E-state index is -4.45. The molecule has 13 nitrogen and oxygen atoms in total. The molecule has 0 saturated heterocycles. The number of amides is 1. The first-order chi connectivity index (χ1) is 15.8. The molecule has 0 fully saturated rings. The van der Waals surface area contributed by atoms with Gasteiger partial charge in [0.15, 0.2) is 5.95 Å². The molecular formula is C19H22N6O7S. The van der Waals surface area contributed by atoms with Crippen molar-refractivity contribution < 1.29 is 32.5 Å². The topological polar surface area (TPSA) is 180 Å². The fraction of sp³-hybridized carbons (Fsp3) is 0.263. The van der Waals surface area contributed by atoms with Gasteiger partial charge in [0.25, 0.3) is 0 Å². The predicted octanol–water partition coefficient (Wildman–Crippen LogP) is 1.05. The van der Waals surface area contributed by atoms with Crippen molar-refractivity contribution >= 4 is 27.8 Å². The summed E-state index contributed by atoms with van der Waals surface area (Å²) in [6.45, 7) is 0.975. The molecule has 1 atom stereocenters. The summed E-state index contributed by atoms with van der Waals surface area (Å²) in [4.78, 5) is 37.7. The molecule has 4 N–H and O–H groups in total. The number of rotatable bonds is 12. The average molecular weight is 478 g/mol. The lowest BCUT2D eigenvalue weighted by atomic mass is 10.1. The smallest absolute Gasteiger partial charge is 0.350 e. The van der Waals surface area contributed by atoms with Crippen LogP contribution in [0, 0.1) is 0 Å². The molecule has 2 heterocycles. The molecule has 1 aromatic carbocycles. The zero-order valence-electron chi connectivity index (χ0n) is 17.5. The first kappa shape index (κ1) is 23.9. The minimum Gasteiger partial charge on any atom is -0.478 e. The quantitative estimate of drug-likeness (QED) is 0.217. The number of aromatic nitrogens is 3. The number of imidazole rings is 1. The van der Waals surface area contributed by atoms with Gasteiger partial charge < -0.3 is 19.9 Å². The fourth-order valence-electron chi connectivity index (χ4n) is 2.76. The van der Waals surface area contributed by atoms with E-state index in [0.29, 0.717) is 11.5 Å². The Kier molecular flexibility index (Phi) is 7.42. The van der Waals surface area contributed by atoms with Crippen LogP contribution >= 0.6 is 0 Å². The fourth-order valence-corrected chi connectivity index (χ4v) is 4.08. The average Bonchev–Trinajstić information content (AvgIpc) is 3.52. The maximum Gasteiger partial charge on any atom is 0.350 e. The van der Waals surface area contributed by atoms with E-state index < -0.39 is 34.1 Å². The summed E-state index contributed by atoms with van der Waals surface area (Å²) >= 11 is 0. The summed E-state index contributed by atoms with van der Waals surface area (Å²) < 4.78 is 33.3. The van der Waals surface area contributed by atoms with Gasteiger partial charge in [-0.2, -0.15) is 9.79 Å². The van der Waals surface area contributed by atoms with E-state index in [2.05, 4.69) is 25.2 Å². The Morgan fingerprint density at radius 3 is 2.58 bits per heavy atom. The van der Waals surface area contributed by atoms with Gasteiger partial charge in [-0.1, -0.05) is 30.3 Å². The third-order valence-electron chi connectivity index (χ3n) is 4.32. The number of anilines is 1. The van der Waals surface area contributed by atoms with E-state index in [0.717, 1.165) is 0 Å². The van der Waals surface area contributed by atoms with Crippen molar-refractivity contribution in [3.05, 3.63) is 60.7 Å². The zero-order valence-corrected chi connectivity index (χ0v) is 18.3. The highest BCUT2D eigenvalue weighted by atomic mass is 32.2. The monoisotopic (exact) mass is 478 g/mol. The summed E-state index contributed by atoms with van der Waals surface area (Å²) in [7, 11) is -4.45. The molecule has 0 aliphatic heterocycles. The van der Waals surface area contributed by atoms with E-state index in [9.17, 15) is 23.1 Å². The number of carboxylic acids is 1. The predicted molar refractivity (Wildman–Crippen MR) is 113 cm³/mol. The first-order valence-corrected chi connectivity index (χ1v) is 11.2. The Balaban J connectivity index is 2.10. The third-order valence-corrected chi connectivity index (χ3v) is 5.82. The Morgan fingerprint density at radius 2 is 2.00 bits per heavy atom. The van der Waals surface area contributed by atoms with Crippen LogP contribution in [0.2, 0.25) is 0 Å². The van der Waals surface area contributed by atoms with Gasteiger partial charge in [-0.3, -0.25) is 9.63 Å². The molecule has 33 heavy (non-hydrogen) atoms. The Morgan fingerprint density at radius 1 is 1.24 bits per heavy atom. The number of carboxylic acid groups (broad SMARTS) is 1. The number of aromatic amines is 1. The molecule has 2 aromatic heterocycles. The van der Waals surface area contributed by atoms with Crippen molar-refractivity contribution in [1.29, 1.82) is 0 Å². The van der Waals surface area contributed by atoms with Gasteiger partial charge in [0.05, 0.1) is 24.2 Å². The number of carbonyl (C=O) groups is 2. The number of sulfonamides is 1. The van der Waals surface area contributed by atoms with E-state index in [1.165, 1.54) is 48.9 Å². The zero-order chi connectivity index (χ0) is 23.9. The third kappa shape index (κ3) is 5.36. The van der Waals surface area contributed by atoms with Crippen molar-refractivity contribution in [2.75, 3.05) is 18.5 Å². The molecule has 14 heteroatoms. The van der Waals surface area contributed by atoms with E-state index in [1.54, 1.807) is 13.0 Å². The van der Waals surface area contributed by atoms with Crippen molar-refractivity contribution in [2.24, 2.45) is 0 Å². The Labute approximate surface area is 188 Å². The molecule has 0 radical (unpaired) electrons. The first-order valence-electron chi connectivity index (χ1n) is 9.74. The second-order valence-electron chi connectivity index (χ2n) is 6.68. The van der Waals surface area contributed by atoms with Crippen LogP contribution < -0.4 is 10.0 Å². The lowest BCUT2D eigenvalue weighted by Gasteiger charge is -2.38. The summed E-state index contributed by atoms with van der Waals surface area (Å²) in [6, 6.07) is 8.32. The van der Waals surface area contributed by atoms with E-state index in [1.807, 2.05) is 0 Å². The van der Waals surface area contributed by atoms with Crippen molar-refractivity contribution in [2.45, 2.75) is 23.9 Å². The van der Waals surface area contributed by atoms with Gasteiger partial charge in [-0.05, 0) is 18.6 Å². The maximum absolute atomic E-state index is 13.2. The molecule has 3 rings (SSSR count). The molecular weight excluding hydrogens is 456 g/mol. The summed E-state index contributed by atoms with van der Waals surface area (Å²) in [5.74, 6) is -2.99. The molecule has 1 amide bonds. The summed E-state index contributed by atoms with van der Waals surface area (Å²) in [5, 5.41) is 16.8. The van der Waals surface area contributed by atoms with Crippen LogP contribution in [-0.2, 0) is 19.7 Å². The lowest BCUT2D eigenvalue weighted by Crippen LogP contribution is -2.70. The SMILES string of the molecule is CCCON(C(=O)c1ccno1)C(CNc1ncc[nH]1)(NS(=O)(=O)c1ccccc1)C(=O)O. The number of carbonyl (C=O) groups excluding carboxylic acids is 1. The largest absolute Gasteiger partial charge is 0.478 e. The number of hydroxylamine groups is 2. The molecule has 0 aliphatic rings. The van der Waals surface area contributed by atoms with Gasteiger partial charge >= 0.3 is 11.9 Å². The van der Waals surface area contributed by atoms with Gasteiger partial charge in [0.1, 0.15) is 0 Å². The van der Waals surface area contributed by atoms with Crippen LogP contribution in [-0.4, -0.2) is 64.4 Å². The van der Waals surface area contributed by atoms with Crippen molar-refractivity contribution in [3.8, 4) is 0 Å². The van der Waals surface area contributed by atoms with E-state index >= 15 is 0 Å². The van der Waals surface area contributed by atoms with Crippen molar-refractivity contribution in [3.63, 3.8) is 0 Å². The Bertz CT molecular complexity index is 1150. The normalized spacial score (nSPS) is 13.2. The van der Waals surface area contributed by atoms with Crippen LogP contribution in [0.5, 0.6) is 0 Å². The van der Waals surface area contributed by atoms with Gasteiger partial charge in [0, 0.05) is 18.5 Å². The Hall–Kier alpha value is -3.75. The van der Waals surface area contributed by atoms with Crippen molar-refractivity contribution in [1.82, 2.24) is 24.9 Å². The van der Waals surface area contributed by atoms with Crippen LogP contribution in [0.25, 0.3) is 0 Å². The number of nitrogens with one attached hydrogen (secondary N) is 3. The second kappa shape index (κ2) is 10.2. The molecule has 176 valence electrons. The maximum atomic E-state index is 13.2. The minimum absolute atomic E-state index is 0.0945. The highest BCUT2D eigenvalue weighted by Gasteiger charge is 2.52. The highest BCUT2D eigenvalue weighted by molar-refractivity contribution is 7.89. The molecule has 1 unspecified atom stereocenters. The number of hydrogen-bond acceptors (Lipinski definition) is 9. The number of aliphatic carboxylic acids is 1. The number of benzene rings is 1.